The first-order chi connectivity index (χ1) is 34.0. The van der Waals surface area contributed by atoms with Gasteiger partial charge < -0.3 is 9.47 Å². The zero-order valence-electron chi connectivity index (χ0n) is 44.3. The Labute approximate surface area is 362 Å². The Balaban J connectivity index is 1.17. The third kappa shape index (κ3) is 5.71. The van der Waals surface area contributed by atoms with E-state index in [0.29, 0.717) is 5.56 Å². The molecule has 9 aromatic carbocycles. The summed E-state index contributed by atoms with van der Waals surface area (Å²) >= 11 is 0. The molecule has 59 heavy (non-hydrogen) atoms. The summed E-state index contributed by atoms with van der Waals surface area (Å²) in [5.74, 6) is 0. The van der Waals surface area contributed by atoms with Crippen molar-refractivity contribution in [3.8, 4) is 50.2 Å². The predicted octanol–water partition coefficient (Wildman–Crippen LogP) is 15.6. The zero-order chi connectivity index (χ0) is 49.9. The van der Waals surface area contributed by atoms with Gasteiger partial charge in [0.15, 0.2) is 0 Å². The van der Waals surface area contributed by atoms with Crippen LogP contribution in [0.2, 0.25) is 0 Å². The summed E-state index contributed by atoms with van der Waals surface area (Å²) < 4.78 is 112. The largest absolute Gasteiger partial charge is 0.310 e. The molecule has 0 saturated carbocycles. The van der Waals surface area contributed by atoms with Gasteiger partial charge in [0.1, 0.15) is 0 Å². The predicted molar refractivity (Wildman–Crippen MR) is 249 cm³/mol. The van der Waals surface area contributed by atoms with Gasteiger partial charge in [0.25, 0.3) is 0 Å². The topological polar surface area (TPSA) is 8.17 Å². The van der Waals surface area contributed by atoms with Crippen LogP contribution < -0.4 is 4.90 Å². The Morgan fingerprint density at radius 3 is 1.97 bits per heavy atom. The first-order valence-electron chi connectivity index (χ1n) is 25.5. The highest BCUT2D eigenvalue weighted by Gasteiger charge is 2.36. The molecule has 0 fully saturated rings. The summed E-state index contributed by atoms with van der Waals surface area (Å²) in [6, 6.07) is 39.9. The van der Waals surface area contributed by atoms with E-state index in [0.717, 1.165) is 60.9 Å². The van der Waals surface area contributed by atoms with E-state index in [1.54, 1.807) is 12.1 Å². The van der Waals surface area contributed by atoms with Gasteiger partial charge in [-0.3, -0.25) is 0 Å². The molecule has 0 atom stereocenters. The zero-order valence-corrected chi connectivity index (χ0v) is 32.3. The number of aromatic nitrogens is 1. The molecule has 0 aliphatic heterocycles. The van der Waals surface area contributed by atoms with Crippen molar-refractivity contribution >= 4 is 38.9 Å². The standard InChI is InChI=1S/C57H42N2/c1-57(2)51-25-13-9-23-47(51)48-35-34-44(38-52(48)57)58(53-26-14-10-21-45(53)40-17-5-3-6-18-40)43-32-29-39(30-33-43)42-31-36-56-50(37-42)49-24-12-16-28-55(49)59(56)54-27-15-11-22-46(54)41-19-7-4-8-20-41/h3-38H,1-2H3/i3D,5D,6D,10D,14D,17D,18D,26D,29D,30D,32D,33D. The minimum Gasteiger partial charge on any atom is -0.310 e. The van der Waals surface area contributed by atoms with E-state index in [9.17, 15) is 6.85 Å². The van der Waals surface area contributed by atoms with Crippen molar-refractivity contribution in [1.29, 1.82) is 0 Å². The summed E-state index contributed by atoms with van der Waals surface area (Å²) in [7, 11) is 0. The highest BCUT2D eigenvalue weighted by Crippen LogP contribution is 2.51. The van der Waals surface area contributed by atoms with Crippen molar-refractivity contribution in [1.82, 2.24) is 4.57 Å². The van der Waals surface area contributed by atoms with Gasteiger partial charge in [-0.15, -0.1) is 0 Å². The number of nitrogens with zero attached hydrogens (tertiary/aromatic N) is 2. The lowest BCUT2D eigenvalue weighted by molar-refractivity contribution is 0.660. The molecule has 2 nitrogen and oxygen atoms in total. The lowest BCUT2D eigenvalue weighted by Gasteiger charge is -2.30. The maximum atomic E-state index is 9.89. The van der Waals surface area contributed by atoms with Crippen LogP contribution in [-0.4, -0.2) is 4.57 Å². The molecule has 0 amide bonds. The van der Waals surface area contributed by atoms with E-state index < -0.39 is 77.9 Å². The molecule has 1 aliphatic rings. The van der Waals surface area contributed by atoms with Gasteiger partial charge >= 0.3 is 0 Å². The van der Waals surface area contributed by atoms with Crippen molar-refractivity contribution in [2.45, 2.75) is 19.3 Å². The quantitative estimate of drug-likeness (QED) is 0.157. The van der Waals surface area contributed by atoms with Crippen LogP contribution in [0.4, 0.5) is 17.1 Å². The second-order valence-corrected chi connectivity index (χ2v) is 15.2. The fourth-order valence-corrected chi connectivity index (χ4v) is 8.77. The third-order valence-corrected chi connectivity index (χ3v) is 11.6. The van der Waals surface area contributed by atoms with Crippen LogP contribution in [0.25, 0.3) is 72.0 Å². The molecule has 0 radical (unpaired) electrons. The molecular weight excluding hydrogens is 713 g/mol. The fourth-order valence-electron chi connectivity index (χ4n) is 8.77. The molecule has 0 spiro atoms. The molecule has 0 saturated heterocycles. The van der Waals surface area contributed by atoms with E-state index in [-0.39, 0.29) is 33.8 Å². The fraction of sp³-hybridized carbons (Fsp3) is 0.0526. The minimum atomic E-state index is -0.655. The van der Waals surface area contributed by atoms with Crippen molar-refractivity contribution < 1.29 is 16.4 Å². The van der Waals surface area contributed by atoms with E-state index in [2.05, 4.69) is 42.7 Å². The Morgan fingerprint density at radius 2 is 1.12 bits per heavy atom. The second kappa shape index (κ2) is 13.9. The average Bonchev–Trinajstić information content (AvgIpc) is 3.83. The molecule has 1 aliphatic carbocycles. The maximum Gasteiger partial charge on any atom is 0.0645 e. The first kappa shape index (κ1) is 24.4. The molecule has 1 aromatic heterocycles. The molecule has 0 unspecified atom stereocenters. The first-order valence-corrected chi connectivity index (χ1v) is 19.5. The van der Waals surface area contributed by atoms with Gasteiger partial charge in [0.05, 0.1) is 38.9 Å². The number of hydrogen-bond acceptors (Lipinski definition) is 1. The number of hydrogen-bond donors (Lipinski definition) is 0. The van der Waals surface area contributed by atoms with Crippen molar-refractivity contribution in [2.24, 2.45) is 0 Å². The number of benzene rings is 9. The normalized spacial score (nSPS) is 15.6. The molecule has 1 heterocycles. The summed E-state index contributed by atoms with van der Waals surface area (Å²) in [5.41, 5.74) is 7.72. The Kier molecular flexibility index (Phi) is 5.74. The van der Waals surface area contributed by atoms with Crippen molar-refractivity contribution in [3.05, 3.63) is 229 Å². The molecule has 0 bridgehead atoms. The van der Waals surface area contributed by atoms with Crippen LogP contribution in [0.5, 0.6) is 0 Å². The van der Waals surface area contributed by atoms with Gasteiger partial charge in [-0.1, -0.05) is 177 Å². The Morgan fingerprint density at radius 1 is 0.424 bits per heavy atom. The van der Waals surface area contributed by atoms with E-state index in [1.165, 1.54) is 11.0 Å². The summed E-state index contributed by atoms with van der Waals surface area (Å²) in [6.07, 6.45) is 0. The maximum absolute atomic E-state index is 9.89. The van der Waals surface area contributed by atoms with E-state index in [4.69, 9.17) is 9.60 Å². The summed E-state index contributed by atoms with van der Waals surface area (Å²) in [5, 5.41) is 1.74. The van der Waals surface area contributed by atoms with Crippen molar-refractivity contribution in [2.75, 3.05) is 4.90 Å². The molecule has 2 heteroatoms. The van der Waals surface area contributed by atoms with Gasteiger partial charge in [0, 0.05) is 38.7 Å². The molecule has 0 N–H and O–H groups in total. The van der Waals surface area contributed by atoms with Crippen LogP contribution in [0, 0.1) is 0 Å². The van der Waals surface area contributed by atoms with Crippen molar-refractivity contribution in [3.63, 3.8) is 0 Å². The monoisotopic (exact) mass is 766 g/mol. The van der Waals surface area contributed by atoms with Gasteiger partial charge in [-0.05, 0) is 99.0 Å². The lowest BCUT2D eigenvalue weighted by atomic mass is 9.82. The smallest absolute Gasteiger partial charge is 0.0645 e. The van der Waals surface area contributed by atoms with Gasteiger partial charge in [-0.2, -0.15) is 0 Å². The number of anilines is 3. The molecule has 280 valence electrons. The highest BCUT2D eigenvalue weighted by molar-refractivity contribution is 6.11. The summed E-state index contributed by atoms with van der Waals surface area (Å²) in [6.45, 7) is 4.13. The summed E-state index contributed by atoms with van der Waals surface area (Å²) in [4.78, 5) is 1.33. The van der Waals surface area contributed by atoms with Crippen LogP contribution in [-0.2, 0) is 5.41 Å². The molecule has 11 rings (SSSR count). The Hall–Kier alpha value is -7.42. The average molecular weight is 767 g/mol. The van der Waals surface area contributed by atoms with E-state index >= 15 is 0 Å². The number of rotatable bonds is 7. The van der Waals surface area contributed by atoms with Crippen LogP contribution in [0.15, 0.2) is 218 Å². The molecule has 10 aromatic rings. The molecular formula is C57H42N2. The minimum absolute atomic E-state index is 0.0253. The van der Waals surface area contributed by atoms with Crippen LogP contribution >= 0.6 is 0 Å². The number of para-hydroxylation sites is 3. The van der Waals surface area contributed by atoms with E-state index in [1.807, 2.05) is 103 Å². The highest BCUT2D eigenvalue weighted by atomic mass is 15.1. The Bertz CT molecular complexity index is 3840. The second-order valence-electron chi connectivity index (χ2n) is 15.2. The van der Waals surface area contributed by atoms with Crippen LogP contribution in [0.3, 0.4) is 0 Å². The SMILES string of the molecule is [2H]c1cc(-c2c([2H])c([2H])c([2H])c([2H])c2[2H])c(N(c2ccc3c(c2)C(C)(C)c2ccccc2-3)c2c([2H])c([2H])c(-c3ccc4c(c3)c3ccccc3n4-c3ccccc3-c3ccccc3)c([2H])c2[2H])c([2H])c1[2H]. The lowest BCUT2D eigenvalue weighted by Crippen LogP contribution is -2.16. The van der Waals surface area contributed by atoms with Gasteiger partial charge in [0.2, 0.25) is 0 Å². The third-order valence-electron chi connectivity index (χ3n) is 11.6. The van der Waals surface area contributed by atoms with Crippen LogP contribution in [0.1, 0.15) is 41.4 Å². The number of fused-ring (bicyclic) bond motifs is 6. The van der Waals surface area contributed by atoms with Gasteiger partial charge in [-0.25, -0.2) is 0 Å².